The number of benzene rings is 2. The third-order valence-corrected chi connectivity index (χ3v) is 3.76. The van der Waals surface area contributed by atoms with Crippen molar-refractivity contribution in [3.63, 3.8) is 0 Å². The van der Waals surface area contributed by atoms with Gasteiger partial charge in [-0.25, -0.2) is 0 Å². The molecule has 0 unspecified atom stereocenters. The molecule has 4 nitrogen and oxygen atoms in total. The number of hydrogen-bond donors (Lipinski definition) is 1. The summed E-state index contributed by atoms with van der Waals surface area (Å²) in [5.41, 5.74) is 2.05. The quantitative estimate of drug-likeness (QED) is 0.601. The highest BCUT2D eigenvalue weighted by Gasteiger charge is 2.12. The summed E-state index contributed by atoms with van der Waals surface area (Å²) in [5.74, 6) is 2.18. The van der Waals surface area contributed by atoms with Crippen molar-refractivity contribution in [2.24, 2.45) is 0 Å². The minimum absolute atomic E-state index is 0.564. The van der Waals surface area contributed by atoms with E-state index in [9.17, 15) is 0 Å². The minimum Gasteiger partial charge on any atom is -0.494 e. The highest BCUT2D eigenvalue weighted by Crippen LogP contribution is 2.37. The van der Waals surface area contributed by atoms with E-state index in [-0.39, 0.29) is 0 Å². The van der Waals surface area contributed by atoms with E-state index < -0.39 is 0 Å². The van der Waals surface area contributed by atoms with Crippen molar-refractivity contribution in [2.45, 2.75) is 33.7 Å². The Balaban J connectivity index is 2.08. The maximum absolute atomic E-state index is 6.39. The van der Waals surface area contributed by atoms with Crippen LogP contribution in [0.2, 0.25) is 5.02 Å². The first kappa shape index (κ1) is 19.3. The molecule has 0 aliphatic heterocycles. The third-order valence-electron chi connectivity index (χ3n) is 3.48. The minimum atomic E-state index is 0.564. The lowest BCUT2D eigenvalue weighted by Gasteiger charge is -2.15. The lowest BCUT2D eigenvalue weighted by molar-refractivity contribution is 0.277. The van der Waals surface area contributed by atoms with Gasteiger partial charge in [0.2, 0.25) is 0 Å². The molecule has 0 radical (unpaired) electrons. The largest absolute Gasteiger partial charge is 0.494 e. The first-order valence-electron chi connectivity index (χ1n) is 8.72. The molecule has 0 spiro atoms. The molecule has 0 fully saturated rings. The molecule has 0 aromatic heterocycles. The van der Waals surface area contributed by atoms with Gasteiger partial charge in [-0.15, -0.1) is 0 Å². The number of rotatable bonds is 10. The molecule has 2 aromatic carbocycles. The highest BCUT2D eigenvalue weighted by molar-refractivity contribution is 6.32. The number of halogens is 1. The van der Waals surface area contributed by atoms with Crippen LogP contribution in [0, 0.1) is 0 Å². The van der Waals surface area contributed by atoms with Crippen LogP contribution in [-0.4, -0.2) is 19.8 Å². The summed E-state index contributed by atoms with van der Waals surface area (Å²) >= 11 is 6.39. The third kappa shape index (κ3) is 5.75. The van der Waals surface area contributed by atoms with Gasteiger partial charge in [0.1, 0.15) is 5.75 Å². The zero-order chi connectivity index (χ0) is 18.1. The fourth-order valence-electron chi connectivity index (χ4n) is 2.37. The first-order valence-corrected chi connectivity index (χ1v) is 9.10. The van der Waals surface area contributed by atoms with Gasteiger partial charge in [-0.3, -0.25) is 0 Å². The molecule has 0 saturated carbocycles. The van der Waals surface area contributed by atoms with Crippen molar-refractivity contribution in [2.75, 3.05) is 25.1 Å². The zero-order valence-corrected chi connectivity index (χ0v) is 15.9. The van der Waals surface area contributed by atoms with Crippen LogP contribution < -0.4 is 19.5 Å². The van der Waals surface area contributed by atoms with Crippen molar-refractivity contribution in [3.8, 4) is 17.2 Å². The molecule has 2 aromatic rings. The Kier molecular flexibility index (Phi) is 7.74. The van der Waals surface area contributed by atoms with Gasteiger partial charge in [0, 0.05) is 12.2 Å². The molecule has 2 rings (SSSR count). The molecule has 0 saturated heterocycles. The molecule has 1 N–H and O–H groups in total. The highest BCUT2D eigenvalue weighted by atomic mass is 35.5. The monoisotopic (exact) mass is 363 g/mol. The van der Waals surface area contributed by atoms with Gasteiger partial charge in [-0.1, -0.05) is 18.5 Å². The van der Waals surface area contributed by atoms with Gasteiger partial charge in [-0.2, -0.15) is 0 Å². The molecular weight excluding hydrogens is 338 g/mol. The Morgan fingerprint density at radius 2 is 1.64 bits per heavy atom. The number of ether oxygens (including phenoxy) is 3. The summed E-state index contributed by atoms with van der Waals surface area (Å²) in [7, 11) is 0. The number of anilines is 1. The van der Waals surface area contributed by atoms with Crippen molar-refractivity contribution >= 4 is 17.3 Å². The van der Waals surface area contributed by atoms with E-state index in [4.69, 9.17) is 25.8 Å². The first-order chi connectivity index (χ1) is 12.2. The Hall–Kier alpha value is -2.07. The number of hydrogen-bond acceptors (Lipinski definition) is 4. The summed E-state index contributed by atoms with van der Waals surface area (Å²) in [6, 6.07) is 11.8. The van der Waals surface area contributed by atoms with Gasteiger partial charge >= 0.3 is 0 Å². The van der Waals surface area contributed by atoms with Crippen LogP contribution in [0.15, 0.2) is 36.4 Å². The van der Waals surface area contributed by atoms with Crippen LogP contribution in [0.1, 0.15) is 32.8 Å². The molecule has 0 aliphatic carbocycles. The second-order valence-electron chi connectivity index (χ2n) is 5.50. The number of nitrogens with one attached hydrogen (secondary N) is 1. The summed E-state index contributed by atoms with van der Waals surface area (Å²) in [5, 5.41) is 3.95. The summed E-state index contributed by atoms with van der Waals surface area (Å²) in [6.07, 6.45) is 0.920. The molecule has 136 valence electrons. The fraction of sp³-hybridized carbons (Fsp3) is 0.400. The second kappa shape index (κ2) is 10.0. The molecule has 25 heavy (non-hydrogen) atoms. The molecule has 0 aliphatic rings. The molecule has 5 heteroatoms. The summed E-state index contributed by atoms with van der Waals surface area (Å²) in [6.45, 7) is 8.46. The van der Waals surface area contributed by atoms with Gasteiger partial charge < -0.3 is 19.5 Å². The van der Waals surface area contributed by atoms with Gasteiger partial charge in [-0.05, 0) is 62.2 Å². The van der Waals surface area contributed by atoms with Crippen molar-refractivity contribution < 1.29 is 14.2 Å². The predicted octanol–water partition coefficient (Wildman–Crippen LogP) is 5.54. The van der Waals surface area contributed by atoms with E-state index in [2.05, 4.69) is 12.2 Å². The van der Waals surface area contributed by atoms with Gasteiger partial charge in [0.05, 0.1) is 24.8 Å². The van der Waals surface area contributed by atoms with E-state index in [1.807, 2.05) is 50.2 Å². The van der Waals surface area contributed by atoms with Gasteiger partial charge in [0.15, 0.2) is 11.5 Å². The molecule has 0 bridgehead atoms. The molecule has 0 atom stereocenters. The van der Waals surface area contributed by atoms with Gasteiger partial charge in [0.25, 0.3) is 0 Å². The average molecular weight is 364 g/mol. The topological polar surface area (TPSA) is 39.7 Å². The standard InChI is InChI=1S/C20H26ClNO3/c1-4-11-25-20-18(21)12-15(13-19(20)24-6-3)14-22-16-7-9-17(10-8-16)23-5-2/h7-10,12-13,22H,4-6,11,14H2,1-3H3. The zero-order valence-electron chi connectivity index (χ0n) is 15.1. The van der Waals surface area contributed by atoms with Crippen molar-refractivity contribution in [1.29, 1.82) is 0 Å². The maximum atomic E-state index is 6.39. The normalized spacial score (nSPS) is 10.4. The van der Waals surface area contributed by atoms with Crippen LogP contribution in [0.25, 0.3) is 0 Å². The smallest absolute Gasteiger partial charge is 0.179 e. The predicted molar refractivity (Wildman–Crippen MR) is 103 cm³/mol. The van der Waals surface area contributed by atoms with Crippen LogP contribution >= 0.6 is 11.6 Å². The molecular formula is C20H26ClNO3. The second-order valence-corrected chi connectivity index (χ2v) is 5.90. The molecule has 0 amide bonds. The molecule has 0 heterocycles. The summed E-state index contributed by atoms with van der Waals surface area (Å²) < 4.78 is 16.9. The Morgan fingerprint density at radius 1 is 0.920 bits per heavy atom. The van der Waals surface area contributed by atoms with E-state index in [1.165, 1.54) is 0 Å². The summed E-state index contributed by atoms with van der Waals surface area (Å²) in [4.78, 5) is 0. The fourth-order valence-corrected chi connectivity index (χ4v) is 2.66. The van der Waals surface area contributed by atoms with Crippen molar-refractivity contribution in [1.82, 2.24) is 0 Å². The lowest BCUT2D eigenvalue weighted by Crippen LogP contribution is -2.04. The van der Waals surface area contributed by atoms with Crippen molar-refractivity contribution in [3.05, 3.63) is 47.0 Å². The van der Waals surface area contributed by atoms with Crippen LogP contribution in [-0.2, 0) is 6.54 Å². The lowest BCUT2D eigenvalue weighted by atomic mass is 10.2. The van der Waals surface area contributed by atoms with Crippen LogP contribution in [0.3, 0.4) is 0 Å². The Morgan fingerprint density at radius 3 is 2.28 bits per heavy atom. The Bertz CT molecular complexity index is 659. The van der Waals surface area contributed by atoms with E-state index >= 15 is 0 Å². The SMILES string of the molecule is CCCOc1c(Cl)cc(CNc2ccc(OCC)cc2)cc1OCC. The van der Waals surface area contributed by atoms with Crippen LogP contribution in [0.5, 0.6) is 17.2 Å². The maximum Gasteiger partial charge on any atom is 0.179 e. The van der Waals surface area contributed by atoms with Crippen LogP contribution in [0.4, 0.5) is 5.69 Å². The average Bonchev–Trinajstić information content (AvgIpc) is 2.61. The van der Waals surface area contributed by atoms with E-state index in [1.54, 1.807) is 0 Å². The Labute approximate surface area is 155 Å². The van der Waals surface area contributed by atoms with E-state index in [0.29, 0.717) is 42.9 Å². The van der Waals surface area contributed by atoms with E-state index in [0.717, 1.165) is 23.4 Å².